The molecule has 0 saturated heterocycles. The van der Waals surface area contributed by atoms with Crippen LogP contribution in [-0.4, -0.2) is 17.9 Å². The largest absolute Gasteiger partial charge is 0.341 e. The second kappa shape index (κ2) is 4.26. The zero-order valence-corrected chi connectivity index (χ0v) is 9.57. The quantitative estimate of drug-likeness (QED) is 0.833. The van der Waals surface area contributed by atoms with Gasteiger partial charge in [-0.1, -0.05) is 0 Å². The van der Waals surface area contributed by atoms with Gasteiger partial charge in [0.15, 0.2) is 11.6 Å². The third kappa shape index (κ3) is 2.07. The molecule has 1 aliphatic rings. The molecule has 2 rings (SSSR count). The van der Waals surface area contributed by atoms with Crippen LogP contribution >= 0.6 is 0 Å². The molecule has 0 heterocycles. The van der Waals surface area contributed by atoms with Crippen molar-refractivity contribution in [2.75, 3.05) is 0 Å². The zero-order chi connectivity index (χ0) is 13.5. The summed E-state index contributed by atoms with van der Waals surface area (Å²) < 4.78 is 51.4. The van der Waals surface area contributed by atoms with Crippen LogP contribution in [0.2, 0.25) is 0 Å². The fraction of sp³-hybridized carbons (Fsp3) is 0.417. The number of carbonyl (C=O) groups excluding carboxylic acids is 1. The van der Waals surface area contributed by atoms with Gasteiger partial charge in [0.25, 0.3) is 12.3 Å². The second-order valence-corrected chi connectivity index (χ2v) is 4.44. The number of hydrogen-bond acceptors (Lipinski definition) is 1. The van der Waals surface area contributed by atoms with Gasteiger partial charge in [0.1, 0.15) is 5.54 Å². The number of carbonyl (C=O) groups is 1. The molecule has 0 spiro atoms. The van der Waals surface area contributed by atoms with Crippen molar-refractivity contribution in [3.8, 4) is 0 Å². The molecular weight excluding hydrogens is 250 g/mol. The molecule has 1 N–H and O–H groups in total. The molecule has 1 saturated carbocycles. The Balaban J connectivity index is 2.23. The van der Waals surface area contributed by atoms with Gasteiger partial charge in [-0.3, -0.25) is 4.79 Å². The Morgan fingerprint density at radius 3 is 2.44 bits per heavy atom. The topological polar surface area (TPSA) is 29.1 Å². The summed E-state index contributed by atoms with van der Waals surface area (Å²) in [5.41, 5.74) is -1.80. The van der Waals surface area contributed by atoms with Crippen molar-refractivity contribution in [3.63, 3.8) is 0 Å². The lowest BCUT2D eigenvalue weighted by Crippen LogP contribution is -2.42. The standard InChI is InChI=1S/C12H11F4NO/c1-6-7(2-3-8(13)9(6)14)10(18)17-12(4-5-12)11(15)16/h2-3,11H,4-5H2,1H3,(H,17,18). The van der Waals surface area contributed by atoms with Crippen LogP contribution in [0.25, 0.3) is 0 Å². The molecule has 2 nitrogen and oxygen atoms in total. The van der Waals surface area contributed by atoms with Gasteiger partial charge in [0.05, 0.1) is 0 Å². The second-order valence-electron chi connectivity index (χ2n) is 4.44. The predicted molar refractivity (Wildman–Crippen MR) is 56.5 cm³/mol. The third-order valence-electron chi connectivity index (χ3n) is 3.15. The number of alkyl halides is 2. The van der Waals surface area contributed by atoms with Crippen LogP contribution in [0.1, 0.15) is 28.8 Å². The minimum atomic E-state index is -2.66. The Kier molecular flexibility index (Phi) is 3.04. The number of nitrogens with one attached hydrogen (secondary N) is 1. The lowest BCUT2D eigenvalue weighted by atomic mass is 10.1. The highest BCUT2D eigenvalue weighted by atomic mass is 19.3. The number of rotatable bonds is 3. The number of hydrogen-bond donors (Lipinski definition) is 1. The summed E-state index contributed by atoms with van der Waals surface area (Å²) in [7, 11) is 0. The molecule has 0 unspecified atom stereocenters. The SMILES string of the molecule is Cc1c(C(=O)NC2(C(F)F)CC2)ccc(F)c1F. The van der Waals surface area contributed by atoms with Crippen LogP contribution in [0.15, 0.2) is 12.1 Å². The fourth-order valence-corrected chi connectivity index (χ4v) is 1.72. The number of halogens is 4. The Labute approximate surface area is 101 Å². The Morgan fingerprint density at radius 2 is 1.94 bits per heavy atom. The maximum Gasteiger partial charge on any atom is 0.261 e. The lowest BCUT2D eigenvalue weighted by molar-refractivity contribution is 0.0679. The van der Waals surface area contributed by atoms with Gasteiger partial charge in [0.2, 0.25) is 0 Å². The summed E-state index contributed by atoms with van der Waals surface area (Å²) in [6.07, 6.45) is -2.27. The molecule has 1 aromatic rings. The first kappa shape index (κ1) is 12.9. The van der Waals surface area contributed by atoms with Crippen LogP contribution in [0.3, 0.4) is 0 Å². The molecule has 1 aromatic carbocycles. The van der Waals surface area contributed by atoms with Crippen molar-refractivity contribution >= 4 is 5.91 Å². The van der Waals surface area contributed by atoms with E-state index >= 15 is 0 Å². The molecule has 1 amide bonds. The van der Waals surface area contributed by atoms with Gasteiger partial charge >= 0.3 is 0 Å². The molecule has 1 aliphatic carbocycles. The van der Waals surface area contributed by atoms with Crippen LogP contribution in [0.4, 0.5) is 17.6 Å². The smallest absolute Gasteiger partial charge is 0.261 e. The van der Waals surface area contributed by atoms with E-state index in [1.807, 2.05) is 0 Å². The van der Waals surface area contributed by atoms with Gasteiger partial charge in [0, 0.05) is 11.1 Å². The van der Waals surface area contributed by atoms with E-state index in [4.69, 9.17) is 0 Å². The first-order valence-corrected chi connectivity index (χ1v) is 5.42. The van der Waals surface area contributed by atoms with E-state index in [2.05, 4.69) is 5.32 Å². The summed E-state index contributed by atoms with van der Waals surface area (Å²) in [6.45, 7) is 1.23. The summed E-state index contributed by atoms with van der Waals surface area (Å²) in [6, 6.07) is 1.89. The summed E-state index contributed by atoms with van der Waals surface area (Å²) in [5, 5.41) is 2.19. The van der Waals surface area contributed by atoms with E-state index < -0.39 is 29.5 Å². The first-order chi connectivity index (χ1) is 8.37. The molecule has 18 heavy (non-hydrogen) atoms. The molecule has 0 aromatic heterocycles. The predicted octanol–water partition coefficient (Wildman–Crippen LogP) is 2.80. The number of benzene rings is 1. The van der Waals surface area contributed by atoms with E-state index in [0.717, 1.165) is 12.1 Å². The first-order valence-electron chi connectivity index (χ1n) is 5.42. The lowest BCUT2D eigenvalue weighted by Gasteiger charge is -2.17. The normalized spacial score (nSPS) is 16.8. The molecule has 1 fully saturated rings. The minimum Gasteiger partial charge on any atom is -0.341 e. The van der Waals surface area contributed by atoms with E-state index in [1.165, 1.54) is 6.92 Å². The average Bonchev–Trinajstić information content (AvgIpc) is 3.07. The Bertz CT molecular complexity index is 497. The maximum atomic E-state index is 13.3. The summed E-state index contributed by atoms with van der Waals surface area (Å²) >= 11 is 0. The summed E-state index contributed by atoms with van der Waals surface area (Å²) in [4.78, 5) is 11.8. The molecular formula is C12H11F4NO. The van der Waals surface area contributed by atoms with E-state index in [0.29, 0.717) is 0 Å². The molecule has 0 bridgehead atoms. The third-order valence-corrected chi connectivity index (χ3v) is 3.15. The highest BCUT2D eigenvalue weighted by Gasteiger charge is 2.52. The summed E-state index contributed by atoms with van der Waals surface area (Å²) in [5.74, 6) is -3.01. The van der Waals surface area contributed by atoms with E-state index in [1.54, 1.807) is 0 Å². The Hall–Kier alpha value is -1.59. The van der Waals surface area contributed by atoms with Crippen molar-refractivity contribution in [1.29, 1.82) is 0 Å². The molecule has 0 atom stereocenters. The average molecular weight is 261 g/mol. The zero-order valence-electron chi connectivity index (χ0n) is 9.57. The van der Waals surface area contributed by atoms with Crippen molar-refractivity contribution in [2.24, 2.45) is 0 Å². The highest BCUT2D eigenvalue weighted by Crippen LogP contribution is 2.41. The maximum absolute atomic E-state index is 13.3. The van der Waals surface area contributed by atoms with Crippen molar-refractivity contribution in [1.82, 2.24) is 5.32 Å². The van der Waals surface area contributed by atoms with Crippen LogP contribution < -0.4 is 5.32 Å². The van der Waals surface area contributed by atoms with Crippen molar-refractivity contribution in [3.05, 3.63) is 34.9 Å². The molecule has 6 heteroatoms. The molecule has 0 aliphatic heterocycles. The van der Waals surface area contributed by atoms with Crippen LogP contribution in [0.5, 0.6) is 0 Å². The minimum absolute atomic E-state index is 0.124. The van der Waals surface area contributed by atoms with Crippen LogP contribution in [0, 0.1) is 18.6 Å². The van der Waals surface area contributed by atoms with Gasteiger partial charge in [-0.25, -0.2) is 17.6 Å². The van der Waals surface area contributed by atoms with Gasteiger partial charge in [-0.2, -0.15) is 0 Å². The van der Waals surface area contributed by atoms with Crippen LogP contribution in [-0.2, 0) is 0 Å². The van der Waals surface area contributed by atoms with Gasteiger partial charge < -0.3 is 5.32 Å². The highest BCUT2D eigenvalue weighted by molar-refractivity contribution is 5.96. The van der Waals surface area contributed by atoms with E-state index in [9.17, 15) is 22.4 Å². The molecule has 98 valence electrons. The fourth-order valence-electron chi connectivity index (χ4n) is 1.72. The van der Waals surface area contributed by atoms with E-state index in [-0.39, 0.29) is 24.0 Å². The molecule has 0 radical (unpaired) electrons. The monoisotopic (exact) mass is 261 g/mol. The van der Waals surface area contributed by atoms with Gasteiger partial charge in [-0.15, -0.1) is 0 Å². The Morgan fingerprint density at radius 1 is 1.33 bits per heavy atom. The number of amides is 1. The van der Waals surface area contributed by atoms with Crippen molar-refractivity contribution < 1.29 is 22.4 Å². The van der Waals surface area contributed by atoms with Gasteiger partial charge in [-0.05, 0) is 31.9 Å². The van der Waals surface area contributed by atoms with Crippen molar-refractivity contribution in [2.45, 2.75) is 31.7 Å².